The summed E-state index contributed by atoms with van der Waals surface area (Å²) in [6.07, 6.45) is 0. The van der Waals surface area contributed by atoms with E-state index in [9.17, 15) is 9.59 Å². The molecule has 0 radical (unpaired) electrons. The molecule has 0 bridgehead atoms. The van der Waals surface area contributed by atoms with E-state index in [2.05, 4.69) is 5.32 Å². The Balaban J connectivity index is 1.92. The van der Waals surface area contributed by atoms with Crippen LogP contribution in [0.1, 0.15) is 19.4 Å². The van der Waals surface area contributed by atoms with Gasteiger partial charge in [-0.05, 0) is 45.0 Å². The standard InChI is InChI=1S/C19H20N2O3/c1-4-21-15-7-5-6-8-16(15)24-19(3,18(21)23)17(22)20-14-11-9-13(2)10-12-14/h5-12H,4H2,1-3H3,(H,20,22). The van der Waals surface area contributed by atoms with Crippen molar-refractivity contribution in [3.05, 3.63) is 54.1 Å². The number of aryl methyl sites for hydroxylation is 1. The molecule has 0 aliphatic carbocycles. The Hall–Kier alpha value is -2.82. The van der Waals surface area contributed by atoms with Crippen molar-refractivity contribution in [1.82, 2.24) is 0 Å². The lowest BCUT2D eigenvalue weighted by molar-refractivity contribution is -0.145. The van der Waals surface area contributed by atoms with Crippen LogP contribution in [0.2, 0.25) is 0 Å². The molecule has 1 atom stereocenters. The molecule has 3 rings (SSSR count). The van der Waals surface area contributed by atoms with E-state index in [0.717, 1.165) is 5.56 Å². The minimum atomic E-state index is -1.60. The van der Waals surface area contributed by atoms with Crippen LogP contribution in [-0.2, 0) is 9.59 Å². The lowest BCUT2D eigenvalue weighted by Crippen LogP contribution is -2.60. The van der Waals surface area contributed by atoms with Crippen molar-refractivity contribution in [2.24, 2.45) is 0 Å². The van der Waals surface area contributed by atoms with Crippen LogP contribution in [0.25, 0.3) is 0 Å². The van der Waals surface area contributed by atoms with Crippen LogP contribution in [0.4, 0.5) is 11.4 Å². The maximum Gasteiger partial charge on any atom is 0.280 e. The molecule has 1 unspecified atom stereocenters. The van der Waals surface area contributed by atoms with E-state index in [1.165, 1.54) is 6.92 Å². The highest BCUT2D eigenvalue weighted by Crippen LogP contribution is 2.37. The van der Waals surface area contributed by atoms with E-state index in [-0.39, 0.29) is 5.91 Å². The van der Waals surface area contributed by atoms with Gasteiger partial charge in [-0.15, -0.1) is 0 Å². The maximum atomic E-state index is 12.9. The molecule has 124 valence electrons. The van der Waals surface area contributed by atoms with Gasteiger partial charge in [0.15, 0.2) is 0 Å². The average molecular weight is 324 g/mol. The summed E-state index contributed by atoms with van der Waals surface area (Å²) in [6.45, 7) is 5.82. The zero-order chi connectivity index (χ0) is 17.3. The number of fused-ring (bicyclic) bond motifs is 1. The van der Waals surface area contributed by atoms with Crippen LogP contribution in [0.3, 0.4) is 0 Å². The number of carbonyl (C=O) groups excluding carboxylic acids is 2. The Kier molecular flexibility index (Phi) is 4.01. The first-order valence-electron chi connectivity index (χ1n) is 7.94. The minimum Gasteiger partial charge on any atom is -0.465 e. The van der Waals surface area contributed by atoms with Crippen molar-refractivity contribution in [2.45, 2.75) is 26.4 Å². The van der Waals surface area contributed by atoms with Crippen LogP contribution >= 0.6 is 0 Å². The van der Waals surface area contributed by atoms with E-state index in [0.29, 0.717) is 23.7 Å². The zero-order valence-corrected chi connectivity index (χ0v) is 14.0. The number of nitrogens with one attached hydrogen (secondary N) is 1. The number of amides is 2. The fourth-order valence-corrected chi connectivity index (χ4v) is 2.74. The van der Waals surface area contributed by atoms with Gasteiger partial charge in [0.05, 0.1) is 5.69 Å². The third-order valence-electron chi connectivity index (χ3n) is 4.18. The SMILES string of the molecule is CCN1C(=O)C(C)(C(=O)Nc2ccc(C)cc2)Oc2ccccc21. The normalized spacial score (nSPS) is 19.5. The zero-order valence-electron chi connectivity index (χ0n) is 14.0. The topological polar surface area (TPSA) is 58.6 Å². The van der Waals surface area contributed by atoms with Crippen LogP contribution in [0.15, 0.2) is 48.5 Å². The van der Waals surface area contributed by atoms with Crippen LogP contribution < -0.4 is 15.0 Å². The van der Waals surface area contributed by atoms with Gasteiger partial charge in [0, 0.05) is 12.2 Å². The second-order valence-electron chi connectivity index (χ2n) is 5.97. The largest absolute Gasteiger partial charge is 0.465 e. The molecule has 5 nitrogen and oxygen atoms in total. The Morgan fingerprint density at radius 3 is 2.50 bits per heavy atom. The van der Waals surface area contributed by atoms with Gasteiger partial charge in [-0.25, -0.2) is 0 Å². The molecule has 0 saturated heterocycles. The van der Waals surface area contributed by atoms with E-state index in [1.807, 2.05) is 44.2 Å². The molecule has 24 heavy (non-hydrogen) atoms. The van der Waals surface area contributed by atoms with Gasteiger partial charge in [-0.3, -0.25) is 9.59 Å². The number of nitrogens with zero attached hydrogens (tertiary/aromatic N) is 1. The Bertz CT molecular complexity index is 785. The molecule has 1 aliphatic rings. The van der Waals surface area contributed by atoms with E-state index in [4.69, 9.17) is 4.74 Å². The predicted molar refractivity (Wildman–Crippen MR) is 93.3 cm³/mol. The maximum absolute atomic E-state index is 12.9. The molecule has 1 heterocycles. The van der Waals surface area contributed by atoms with Gasteiger partial charge < -0.3 is 15.0 Å². The molecule has 0 spiro atoms. The summed E-state index contributed by atoms with van der Waals surface area (Å²) in [7, 11) is 0. The van der Waals surface area contributed by atoms with Gasteiger partial charge in [0.25, 0.3) is 17.4 Å². The minimum absolute atomic E-state index is 0.367. The van der Waals surface area contributed by atoms with E-state index < -0.39 is 11.5 Å². The molecular weight excluding hydrogens is 304 g/mol. The molecule has 5 heteroatoms. The summed E-state index contributed by atoms with van der Waals surface area (Å²) in [6, 6.07) is 14.6. The summed E-state index contributed by atoms with van der Waals surface area (Å²) in [4.78, 5) is 27.2. The van der Waals surface area contributed by atoms with Crippen molar-refractivity contribution < 1.29 is 14.3 Å². The van der Waals surface area contributed by atoms with Crippen molar-refractivity contribution >= 4 is 23.2 Å². The van der Waals surface area contributed by atoms with Gasteiger partial charge in [-0.1, -0.05) is 29.8 Å². The van der Waals surface area contributed by atoms with Gasteiger partial charge in [-0.2, -0.15) is 0 Å². The molecule has 0 fully saturated rings. The van der Waals surface area contributed by atoms with Crippen LogP contribution in [-0.4, -0.2) is 24.0 Å². The number of hydrogen-bond donors (Lipinski definition) is 1. The molecule has 0 saturated carbocycles. The molecule has 1 aliphatic heterocycles. The van der Waals surface area contributed by atoms with Gasteiger partial charge in [0.2, 0.25) is 0 Å². The first-order chi connectivity index (χ1) is 11.5. The number of rotatable bonds is 3. The van der Waals surface area contributed by atoms with Crippen LogP contribution in [0, 0.1) is 6.92 Å². The molecule has 2 aromatic carbocycles. The Morgan fingerprint density at radius 1 is 1.17 bits per heavy atom. The Labute approximate surface area is 141 Å². The average Bonchev–Trinajstić information content (AvgIpc) is 2.58. The number of ether oxygens (including phenoxy) is 1. The molecule has 2 aromatic rings. The molecule has 1 N–H and O–H groups in total. The lowest BCUT2D eigenvalue weighted by Gasteiger charge is -2.39. The highest BCUT2D eigenvalue weighted by Gasteiger charge is 2.50. The first-order valence-corrected chi connectivity index (χ1v) is 7.94. The summed E-state index contributed by atoms with van der Waals surface area (Å²) in [5.74, 6) is -0.321. The van der Waals surface area contributed by atoms with Crippen molar-refractivity contribution in [3.8, 4) is 5.75 Å². The first kappa shape index (κ1) is 16.1. The highest BCUT2D eigenvalue weighted by atomic mass is 16.5. The smallest absolute Gasteiger partial charge is 0.280 e. The summed E-state index contributed by atoms with van der Waals surface area (Å²) in [5.41, 5.74) is 0.806. The van der Waals surface area contributed by atoms with Crippen LogP contribution in [0.5, 0.6) is 5.75 Å². The fourth-order valence-electron chi connectivity index (χ4n) is 2.74. The number of hydrogen-bond acceptors (Lipinski definition) is 3. The quantitative estimate of drug-likeness (QED) is 0.883. The summed E-state index contributed by atoms with van der Waals surface area (Å²) < 4.78 is 5.82. The lowest BCUT2D eigenvalue weighted by atomic mass is 9.99. The number of carbonyl (C=O) groups is 2. The fraction of sp³-hybridized carbons (Fsp3) is 0.263. The summed E-state index contributed by atoms with van der Waals surface area (Å²) in [5, 5.41) is 2.77. The van der Waals surface area contributed by atoms with Gasteiger partial charge >= 0.3 is 0 Å². The van der Waals surface area contributed by atoms with Crippen molar-refractivity contribution in [3.63, 3.8) is 0 Å². The van der Waals surface area contributed by atoms with Gasteiger partial charge in [0.1, 0.15) is 5.75 Å². The summed E-state index contributed by atoms with van der Waals surface area (Å²) >= 11 is 0. The van der Waals surface area contributed by atoms with Crippen molar-refractivity contribution in [1.29, 1.82) is 0 Å². The number of para-hydroxylation sites is 2. The number of likely N-dealkylation sites (N-methyl/N-ethyl adjacent to an activating group) is 1. The molecular formula is C19H20N2O3. The van der Waals surface area contributed by atoms with E-state index in [1.54, 1.807) is 23.1 Å². The highest BCUT2D eigenvalue weighted by molar-refractivity contribution is 6.19. The number of anilines is 2. The Morgan fingerprint density at radius 2 is 1.83 bits per heavy atom. The van der Waals surface area contributed by atoms with Crippen molar-refractivity contribution in [2.75, 3.05) is 16.8 Å². The predicted octanol–water partition coefficient (Wildman–Crippen LogP) is 3.14. The number of benzene rings is 2. The second-order valence-corrected chi connectivity index (χ2v) is 5.97. The monoisotopic (exact) mass is 324 g/mol. The second kappa shape index (κ2) is 6.00. The third kappa shape index (κ3) is 2.62. The molecule has 2 amide bonds. The van der Waals surface area contributed by atoms with E-state index >= 15 is 0 Å². The third-order valence-corrected chi connectivity index (χ3v) is 4.18. The molecule has 0 aromatic heterocycles.